The second kappa shape index (κ2) is 14.0. The lowest BCUT2D eigenvalue weighted by atomic mass is 10.1. The van der Waals surface area contributed by atoms with Crippen molar-refractivity contribution in [2.24, 2.45) is 0 Å². The van der Waals surface area contributed by atoms with E-state index in [0.29, 0.717) is 45.6 Å². The molecule has 0 spiro atoms. The summed E-state index contributed by atoms with van der Waals surface area (Å²) in [6, 6.07) is 19.5. The molecular weight excluding hydrogens is 757 g/mol. The molecule has 53 heavy (non-hydrogen) atoms. The minimum atomic E-state index is -4.31. The molecule has 0 radical (unpaired) electrons. The Morgan fingerprint density at radius 3 is 1.43 bits per heavy atom. The average Bonchev–Trinajstić information content (AvgIpc) is 3.92. The van der Waals surface area contributed by atoms with Crippen LogP contribution in [0, 0.1) is 13.8 Å². The van der Waals surface area contributed by atoms with E-state index in [2.05, 4.69) is 24.3 Å². The van der Waals surface area contributed by atoms with Gasteiger partial charge in [0.15, 0.2) is 0 Å². The van der Waals surface area contributed by atoms with E-state index in [-0.39, 0.29) is 21.6 Å². The molecule has 2 aliphatic rings. The minimum Gasteiger partial charge on any atom is -0.375 e. The minimum absolute atomic E-state index is 0.0700. The molecule has 4 aromatic heterocycles. The van der Waals surface area contributed by atoms with Crippen LogP contribution in [0.2, 0.25) is 0 Å². The number of rotatable bonds is 14. The fourth-order valence-corrected chi connectivity index (χ4v) is 10.8. The molecule has 0 amide bonds. The fourth-order valence-electron chi connectivity index (χ4n) is 6.88. The molecule has 0 aliphatic heterocycles. The maximum Gasteiger partial charge on any atom is 0.304 e. The molecule has 6 aromatic rings. The van der Waals surface area contributed by atoms with Crippen LogP contribution >= 0.6 is 22.7 Å². The van der Waals surface area contributed by atoms with E-state index in [1.165, 1.54) is 0 Å². The third-order valence-electron chi connectivity index (χ3n) is 9.47. The molecule has 2 N–H and O–H groups in total. The van der Waals surface area contributed by atoms with E-state index in [0.717, 1.165) is 99.7 Å². The van der Waals surface area contributed by atoms with E-state index >= 15 is 0 Å². The largest absolute Gasteiger partial charge is 0.375 e. The first-order valence-electron chi connectivity index (χ1n) is 17.0. The zero-order valence-corrected chi connectivity index (χ0v) is 32.2. The second-order valence-corrected chi connectivity index (χ2v) is 18.8. The molecule has 0 unspecified atom stereocenters. The van der Waals surface area contributed by atoms with Crippen LogP contribution in [0.3, 0.4) is 0 Å². The van der Waals surface area contributed by atoms with Gasteiger partial charge in [-0.05, 0) is 54.7 Å². The van der Waals surface area contributed by atoms with Crippen LogP contribution in [0.15, 0.2) is 69.1 Å². The molecule has 0 saturated carbocycles. The Hall–Kier alpha value is -4.00. The van der Waals surface area contributed by atoms with E-state index in [1.54, 1.807) is 12.1 Å². The van der Waals surface area contributed by atoms with Crippen molar-refractivity contribution in [3.8, 4) is 21.1 Å². The van der Waals surface area contributed by atoms with Gasteiger partial charge in [-0.2, -0.15) is 27.0 Å². The number of fused-ring (bicyclic) bond motifs is 6. The number of aromatic nitrogens is 4. The number of hydrogen-bond donors (Lipinski definition) is 2. The zero-order valence-electron chi connectivity index (χ0n) is 28.9. The van der Waals surface area contributed by atoms with Crippen LogP contribution in [0.25, 0.3) is 21.1 Å². The van der Waals surface area contributed by atoms with Gasteiger partial charge in [-0.25, -0.2) is 0 Å². The quantitative estimate of drug-likeness (QED) is 0.0898. The van der Waals surface area contributed by atoms with Crippen molar-refractivity contribution in [2.45, 2.75) is 67.8 Å². The van der Waals surface area contributed by atoms with E-state index in [9.17, 15) is 25.9 Å². The summed E-state index contributed by atoms with van der Waals surface area (Å²) in [6.07, 6.45) is 1.66. The van der Waals surface area contributed by atoms with Crippen LogP contribution in [0.4, 0.5) is 0 Å². The molecule has 0 bridgehead atoms. The Balaban J connectivity index is 0.918. The Bertz CT molecular complexity index is 2390. The van der Waals surface area contributed by atoms with Gasteiger partial charge < -0.3 is 9.47 Å². The lowest BCUT2D eigenvalue weighted by molar-refractivity contribution is 0.0667. The van der Waals surface area contributed by atoms with E-state index < -0.39 is 20.2 Å². The van der Waals surface area contributed by atoms with Gasteiger partial charge in [0.2, 0.25) is 0 Å². The molecule has 0 atom stereocenters. The van der Waals surface area contributed by atoms with Crippen molar-refractivity contribution in [1.29, 1.82) is 0 Å². The normalized spacial score (nSPS) is 13.4. The van der Waals surface area contributed by atoms with Crippen molar-refractivity contribution in [3.05, 3.63) is 117 Å². The van der Waals surface area contributed by atoms with Crippen molar-refractivity contribution in [1.82, 2.24) is 19.6 Å². The number of aryl methyl sites for hydroxylation is 2. The molecule has 0 saturated heterocycles. The van der Waals surface area contributed by atoms with Gasteiger partial charge in [0.05, 0.1) is 58.8 Å². The first-order chi connectivity index (χ1) is 25.3. The maximum atomic E-state index is 11.9. The monoisotopic (exact) mass is 792 g/mol. The standard InChI is InChI=1S/C37H36N4O8S4/c1-22-4-8-24(9-5-22)18-40-34-28(14-26-16-32(50-36(26)34)52(42,43)44)30(38-40)20-48-12-3-13-49-21-31-29-15-27-17-33(53(45,46)47)51-37(27)35(29)41(39-31)19-25-10-6-23(2)7-11-25/h4-11,16-17H,3,12-15,18-21H2,1-2H3,(H,42,43,44)(H,45,46,47). The summed E-state index contributed by atoms with van der Waals surface area (Å²) in [6.45, 7) is 6.52. The van der Waals surface area contributed by atoms with Crippen molar-refractivity contribution in [3.63, 3.8) is 0 Å². The molecule has 16 heteroatoms. The smallest absolute Gasteiger partial charge is 0.304 e. The number of thiophene rings is 2. The number of ether oxygens (including phenoxy) is 2. The third kappa shape index (κ3) is 7.29. The van der Waals surface area contributed by atoms with Gasteiger partial charge in [0.25, 0.3) is 0 Å². The fraction of sp³-hybridized carbons (Fsp3) is 0.297. The van der Waals surface area contributed by atoms with Crippen LogP contribution in [-0.4, -0.2) is 58.7 Å². The molecule has 8 rings (SSSR count). The van der Waals surface area contributed by atoms with Gasteiger partial charge >= 0.3 is 20.2 Å². The van der Waals surface area contributed by atoms with Crippen LogP contribution in [0.5, 0.6) is 0 Å². The predicted octanol–water partition coefficient (Wildman–Crippen LogP) is 6.68. The Labute approximate surface area is 315 Å². The number of benzene rings is 2. The summed E-state index contributed by atoms with van der Waals surface area (Å²) in [5, 5.41) is 9.79. The molecule has 4 heterocycles. The Morgan fingerprint density at radius 1 is 0.660 bits per heavy atom. The molecule has 276 valence electrons. The third-order valence-corrected chi connectivity index (χ3v) is 14.4. The lowest BCUT2D eigenvalue weighted by Gasteiger charge is -2.07. The summed E-state index contributed by atoms with van der Waals surface area (Å²) >= 11 is 2.12. The number of nitrogens with zero attached hydrogens (tertiary/aromatic N) is 4. The van der Waals surface area contributed by atoms with E-state index in [4.69, 9.17) is 19.7 Å². The highest BCUT2D eigenvalue weighted by Gasteiger charge is 2.33. The average molecular weight is 793 g/mol. The summed E-state index contributed by atoms with van der Waals surface area (Å²) in [4.78, 5) is 1.60. The van der Waals surface area contributed by atoms with Crippen LogP contribution in [0.1, 0.15) is 62.3 Å². The highest BCUT2D eigenvalue weighted by molar-refractivity contribution is 7.88. The van der Waals surface area contributed by atoms with Crippen molar-refractivity contribution >= 4 is 42.9 Å². The van der Waals surface area contributed by atoms with Crippen molar-refractivity contribution in [2.75, 3.05) is 13.2 Å². The zero-order chi connectivity index (χ0) is 37.1. The van der Waals surface area contributed by atoms with Crippen LogP contribution < -0.4 is 0 Å². The first kappa shape index (κ1) is 36.0. The molecule has 12 nitrogen and oxygen atoms in total. The SMILES string of the molecule is Cc1ccc(Cn2nc(COCCCOCc3nn(Cc4ccc(C)cc4)c4c3Cc3cc(S(=O)(=O)O)sc3-4)c3c2-c2sc(S(=O)(=O)O)cc2C3)cc1. The summed E-state index contributed by atoms with van der Waals surface area (Å²) in [5.74, 6) is 0. The lowest BCUT2D eigenvalue weighted by Crippen LogP contribution is -2.06. The molecule has 2 aliphatic carbocycles. The van der Waals surface area contributed by atoms with Gasteiger partial charge in [-0.1, -0.05) is 59.7 Å². The molecule has 2 aromatic carbocycles. The summed E-state index contributed by atoms with van der Waals surface area (Å²) in [7, 11) is -8.62. The second-order valence-electron chi connectivity index (χ2n) is 13.4. The van der Waals surface area contributed by atoms with Gasteiger partial charge in [-0.3, -0.25) is 18.5 Å². The Kier molecular flexibility index (Phi) is 9.52. The van der Waals surface area contributed by atoms with Gasteiger partial charge in [-0.15, -0.1) is 22.7 Å². The summed E-state index contributed by atoms with van der Waals surface area (Å²) < 4.78 is 82.7. The summed E-state index contributed by atoms with van der Waals surface area (Å²) in [5.41, 5.74) is 11.5. The van der Waals surface area contributed by atoms with Gasteiger partial charge in [0.1, 0.15) is 8.42 Å². The maximum absolute atomic E-state index is 11.9. The predicted molar refractivity (Wildman–Crippen MR) is 201 cm³/mol. The van der Waals surface area contributed by atoms with E-state index in [1.807, 2.05) is 47.5 Å². The van der Waals surface area contributed by atoms with Gasteiger partial charge in [0, 0.05) is 37.2 Å². The number of hydrogen-bond acceptors (Lipinski definition) is 10. The van der Waals surface area contributed by atoms with Crippen molar-refractivity contribution < 1.29 is 35.4 Å². The topological polar surface area (TPSA) is 163 Å². The molecular formula is C37H36N4O8S4. The highest BCUT2D eigenvalue weighted by Crippen LogP contribution is 2.46. The first-order valence-corrected chi connectivity index (χ1v) is 21.5. The Morgan fingerprint density at radius 2 is 1.06 bits per heavy atom. The van der Waals surface area contributed by atoms with Crippen LogP contribution in [-0.2, 0) is 68.9 Å². The highest BCUT2D eigenvalue weighted by atomic mass is 32.3. The molecule has 0 fully saturated rings.